The zero-order valence-electron chi connectivity index (χ0n) is 15.9. The highest BCUT2D eigenvalue weighted by Gasteiger charge is 2.11. The molecule has 140 valence electrons. The van der Waals surface area contributed by atoms with Crippen LogP contribution in [0.3, 0.4) is 0 Å². The Morgan fingerprint density at radius 2 is 2.00 bits per heavy atom. The summed E-state index contributed by atoms with van der Waals surface area (Å²) in [5.41, 5.74) is 7.34. The summed E-state index contributed by atoms with van der Waals surface area (Å²) in [4.78, 5) is 9.19. The Balaban J connectivity index is 2.13. The molecule has 26 heavy (non-hydrogen) atoms. The topological polar surface area (TPSA) is 82.4 Å². The first-order valence-electron chi connectivity index (χ1n) is 9.28. The Hall–Kier alpha value is -2.47. The van der Waals surface area contributed by atoms with Gasteiger partial charge in [0.15, 0.2) is 0 Å². The summed E-state index contributed by atoms with van der Waals surface area (Å²) < 4.78 is 0. The molecule has 0 amide bonds. The summed E-state index contributed by atoms with van der Waals surface area (Å²) in [5.74, 6) is 1.35. The van der Waals surface area contributed by atoms with E-state index < -0.39 is 0 Å². The fraction of sp³-hybridized carbons (Fsp3) is 0.450. The Kier molecular flexibility index (Phi) is 8.02. The van der Waals surface area contributed by atoms with Gasteiger partial charge in [-0.3, -0.25) is 0 Å². The average molecular weight is 355 g/mol. The van der Waals surface area contributed by atoms with E-state index in [-0.39, 0.29) is 6.61 Å². The van der Waals surface area contributed by atoms with Gasteiger partial charge in [-0.05, 0) is 38.2 Å². The van der Waals surface area contributed by atoms with Crippen molar-refractivity contribution in [3.8, 4) is 0 Å². The number of anilines is 2. The third-order valence-corrected chi connectivity index (χ3v) is 4.08. The lowest BCUT2D eigenvalue weighted by molar-refractivity contribution is 0.286. The lowest BCUT2D eigenvalue weighted by Gasteiger charge is -2.14. The molecular weight excluding hydrogens is 326 g/mol. The van der Waals surface area contributed by atoms with Gasteiger partial charge in [0.05, 0.1) is 11.9 Å². The molecule has 0 unspecified atom stereocenters. The Morgan fingerprint density at radius 1 is 1.15 bits per heavy atom. The van der Waals surface area contributed by atoms with Crippen LogP contribution in [-0.4, -0.2) is 34.4 Å². The van der Waals surface area contributed by atoms with E-state index in [9.17, 15) is 0 Å². The van der Waals surface area contributed by atoms with Crippen molar-refractivity contribution in [2.45, 2.75) is 46.5 Å². The highest BCUT2D eigenvalue weighted by atomic mass is 16.2. The van der Waals surface area contributed by atoms with E-state index in [1.807, 2.05) is 12.1 Å². The minimum Gasteiger partial charge on any atom is -0.396 e. The summed E-state index contributed by atoms with van der Waals surface area (Å²) in [7, 11) is 0. The number of benzene rings is 1. The first-order chi connectivity index (χ1) is 12.7. The Bertz CT molecular complexity index is 730. The van der Waals surface area contributed by atoms with Gasteiger partial charge in [-0.2, -0.15) is 10.1 Å². The predicted molar refractivity (Wildman–Crippen MR) is 108 cm³/mol. The largest absolute Gasteiger partial charge is 0.396 e. The molecule has 0 atom stereocenters. The summed E-state index contributed by atoms with van der Waals surface area (Å²) in [6.45, 7) is 7.25. The zero-order valence-corrected chi connectivity index (χ0v) is 15.9. The van der Waals surface area contributed by atoms with E-state index in [0.717, 1.165) is 54.9 Å². The second-order valence-corrected chi connectivity index (χ2v) is 6.17. The molecule has 1 aromatic carbocycles. The van der Waals surface area contributed by atoms with Crippen LogP contribution in [0.4, 0.5) is 11.8 Å². The number of aryl methyl sites for hydroxylation is 2. The molecule has 0 saturated heterocycles. The van der Waals surface area contributed by atoms with Gasteiger partial charge < -0.3 is 10.4 Å². The molecule has 6 nitrogen and oxygen atoms in total. The summed E-state index contributed by atoms with van der Waals surface area (Å²) >= 11 is 0. The number of nitrogens with one attached hydrogen (secondary N) is 2. The van der Waals surface area contributed by atoms with Crippen molar-refractivity contribution in [1.82, 2.24) is 9.97 Å². The standard InChI is InChI=1S/C20H29N5O/c1-4-17-18(5-2)23-20(24-19(17)21-11-6-7-12-26)25-22-14-16-10-8-9-15(3)13-16/h8-10,13-14,26H,4-7,11-12H2,1-3H3,(H2,21,23,24,25)/b22-14+. The van der Waals surface area contributed by atoms with Crippen molar-refractivity contribution < 1.29 is 5.11 Å². The minimum atomic E-state index is 0.215. The number of hydrogen-bond donors (Lipinski definition) is 3. The van der Waals surface area contributed by atoms with Crippen LogP contribution in [0.5, 0.6) is 0 Å². The molecule has 0 spiro atoms. The second kappa shape index (κ2) is 10.5. The van der Waals surface area contributed by atoms with Crippen LogP contribution < -0.4 is 10.7 Å². The summed E-state index contributed by atoms with van der Waals surface area (Å²) in [6, 6.07) is 8.13. The van der Waals surface area contributed by atoms with E-state index in [2.05, 4.69) is 58.7 Å². The number of aromatic nitrogens is 2. The first kappa shape index (κ1) is 19.8. The Morgan fingerprint density at radius 3 is 2.69 bits per heavy atom. The first-order valence-corrected chi connectivity index (χ1v) is 9.28. The van der Waals surface area contributed by atoms with Crippen molar-refractivity contribution >= 4 is 18.0 Å². The highest BCUT2D eigenvalue weighted by molar-refractivity contribution is 5.80. The Labute approximate surface area is 155 Å². The van der Waals surface area contributed by atoms with Gasteiger partial charge in [0, 0.05) is 18.7 Å². The minimum absolute atomic E-state index is 0.215. The number of unbranched alkanes of at least 4 members (excludes halogenated alkanes) is 1. The number of hydrazone groups is 1. The van der Waals surface area contributed by atoms with Crippen molar-refractivity contribution in [1.29, 1.82) is 0 Å². The average Bonchev–Trinajstić information content (AvgIpc) is 2.65. The van der Waals surface area contributed by atoms with Gasteiger partial charge in [-0.15, -0.1) is 0 Å². The van der Waals surface area contributed by atoms with E-state index in [0.29, 0.717) is 5.95 Å². The molecule has 0 radical (unpaired) electrons. The zero-order chi connectivity index (χ0) is 18.8. The maximum absolute atomic E-state index is 8.92. The molecular formula is C20H29N5O. The van der Waals surface area contributed by atoms with E-state index in [4.69, 9.17) is 5.11 Å². The molecule has 2 aromatic rings. The fourth-order valence-corrected chi connectivity index (χ4v) is 2.75. The van der Waals surface area contributed by atoms with Crippen LogP contribution in [0.2, 0.25) is 0 Å². The number of aliphatic hydroxyl groups excluding tert-OH is 1. The maximum Gasteiger partial charge on any atom is 0.245 e. The van der Waals surface area contributed by atoms with E-state index in [1.54, 1.807) is 6.21 Å². The maximum atomic E-state index is 8.92. The number of nitrogens with zero attached hydrogens (tertiary/aromatic N) is 3. The normalized spacial score (nSPS) is 11.1. The number of hydrogen-bond acceptors (Lipinski definition) is 6. The van der Waals surface area contributed by atoms with Gasteiger partial charge in [-0.1, -0.05) is 43.7 Å². The third-order valence-electron chi connectivity index (χ3n) is 4.08. The molecule has 0 aliphatic carbocycles. The number of rotatable bonds is 10. The van der Waals surface area contributed by atoms with Crippen molar-refractivity contribution in [3.63, 3.8) is 0 Å². The van der Waals surface area contributed by atoms with Crippen LogP contribution in [0.15, 0.2) is 29.4 Å². The number of aliphatic hydroxyl groups is 1. The summed E-state index contributed by atoms with van der Waals surface area (Å²) in [6.07, 6.45) is 5.17. The molecule has 1 heterocycles. The lowest BCUT2D eigenvalue weighted by Crippen LogP contribution is -2.12. The molecule has 0 aliphatic rings. The van der Waals surface area contributed by atoms with Crippen molar-refractivity contribution in [2.24, 2.45) is 5.10 Å². The molecule has 6 heteroatoms. The second-order valence-electron chi connectivity index (χ2n) is 6.17. The van der Waals surface area contributed by atoms with Crippen LogP contribution in [-0.2, 0) is 12.8 Å². The summed E-state index contributed by atoms with van der Waals surface area (Å²) in [5, 5.41) is 16.6. The third kappa shape index (κ3) is 5.81. The lowest BCUT2D eigenvalue weighted by atomic mass is 10.1. The van der Waals surface area contributed by atoms with Gasteiger partial charge in [0.2, 0.25) is 5.95 Å². The van der Waals surface area contributed by atoms with Gasteiger partial charge >= 0.3 is 0 Å². The van der Waals surface area contributed by atoms with Crippen LogP contribution in [0.25, 0.3) is 0 Å². The molecule has 0 fully saturated rings. The van der Waals surface area contributed by atoms with Crippen LogP contribution in [0, 0.1) is 6.92 Å². The van der Waals surface area contributed by atoms with Gasteiger partial charge in [0.25, 0.3) is 0 Å². The quantitative estimate of drug-likeness (QED) is 0.345. The monoisotopic (exact) mass is 355 g/mol. The van der Waals surface area contributed by atoms with E-state index >= 15 is 0 Å². The van der Waals surface area contributed by atoms with Crippen molar-refractivity contribution in [3.05, 3.63) is 46.6 Å². The van der Waals surface area contributed by atoms with Gasteiger partial charge in [0.1, 0.15) is 5.82 Å². The van der Waals surface area contributed by atoms with Gasteiger partial charge in [-0.25, -0.2) is 10.4 Å². The smallest absolute Gasteiger partial charge is 0.245 e. The van der Waals surface area contributed by atoms with Crippen LogP contribution in [0.1, 0.15) is 49.1 Å². The molecule has 0 bridgehead atoms. The van der Waals surface area contributed by atoms with Crippen LogP contribution >= 0.6 is 0 Å². The molecule has 0 saturated carbocycles. The fourth-order valence-electron chi connectivity index (χ4n) is 2.75. The molecule has 3 N–H and O–H groups in total. The molecule has 0 aliphatic heterocycles. The SMILES string of the molecule is CCc1nc(N/N=C/c2cccc(C)c2)nc(NCCCCO)c1CC. The predicted octanol–water partition coefficient (Wildman–Crippen LogP) is 3.54. The van der Waals surface area contributed by atoms with Crippen molar-refractivity contribution in [2.75, 3.05) is 23.9 Å². The highest BCUT2D eigenvalue weighted by Crippen LogP contribution is 2.20. The van der Waals surface area contributed by atoms with E-state index in [1.165, 1.54) is 5.56 Å². The molecule has 1 aromatic heterocycles. The molecule has 2 rings (SSSR count).